The molecule has 0 saturated carbocycles. The Labute approximate surface area is 201 Å². The van der Waals surface area contributed by atoms with Crippen molar-refractivity contribution in [3.8, 4) is 0 Å². The van der Waals surface area contributed by atoms with Gasteiger partial charge in [0.1, 0.15) is 0 Å². The maximum atomic E-state index is 9.63. The molecule has 0 aromatic heterocycles. The van der Waals surface area contributed by atoms with Crippen molar-refractivity contribution in [2.75, 3.05) is 0 Å². The predicted octanol–water partition coefficient (Wildman–Crippen LogP) is -19.0. The molecule has 0 saturated heterocycles. The minimum atomic E-state index is -5.05. The van der Waals surface area contributed by atoms with Crippen LogP contribution in [0.1, 0.15) is 0 Å². The largest absolute Gasteiger partial charge is 1.00 e. The molecule has 0 unspecified atom stereocenters. The van der Waals surface area contributed by atoms with Gasteiger partial charge in [-0.05, 0) is 0 Å². The fraction of sp³-hybridized carbons (Fsp3) is 0. The first-order valence-electron chi connectivity index (χ1n) is 2.29. The van der Waals surface area contributed by atoms with Gasteiger partial charge in [-0.2, -0.15) is 4.31 Å². The molecule has 0 heterocycles. The number of carboxylic acids is 1. The average Bonchev–Trinajstić information content (AvgIpc) is 1.47. The van der Waals surface area contributed by atoms with E-state index in [0.717, 1.165) is 0 Å². The van der Waals surface area contributed by atoms with Gasteiger partial charge in [0.2, 0.25) is 0 Å². The third kappa shape index (κ3) is 367. The van der Waals surface area contributed by atoms with Crippen molar-refractivity contribution in [2.24, 2.45) is 0 Å². The first kappa shape index (κ1) is 157. The molecule has 0 atom stereocenters. The van der Waals surface area contributed by atoms with E-state index in [4.69, 9.17) is 29.5 Å². The Balaban J connectivity index is -0.00000000400. The molecule has 26 heteroatoms. The maximum absolute atomic E-state index is 9.63. The van der Waals surface area contributed by atoms with E-state index in [9.17, 15) is 9.13 Å². The standard InChI is InChI=1S/C2H3O2.2Na.H4O7P2.13H2O/c1-2(3)4;;;1-8(2,3)7-9(4,5)6;;;;;;;;;;;;;/h1H2,(H,3,4);;;(H2,1,2,3)(H2,4,5,6);13*1H2/q-1;2*+1;;;;;;;;;;;;;;/p-1. The minimum Gasteiger partial charge on any atom is -0.584 e. The Morgan fingerprint density at radius 3 is 0.679 bits per heavy atom. The van der Waals surface area contributed by atoms with Crippen LogP contribution >= 0.6 is 15.6 Å². The van der Waals surface area contributed by atoms with Crippen LogP contribution in [0.25, 0.3) is 0 Å². The van der Waals surface area contributed by atoms with Gasteiger partial charge in [-0.1, -0.05) is 0 Å². The van der Waals surface area contributed by atoms with Crippen molar-refractivity contribution >= 4 is 21.6 Å². The quantitative estimate of drug-likeness (QED) is 0.153. The monoisotopic (exact) mass is 516 g/mol. The maximum Gasteiger partial charge on any atom is 1.00 e. The molecule has 28 heavy (non-hydrogen) atoms. The molecule has 0 amide bonds. The molecular weight excluding hydrogens is 484 g/mol. The first-order chi connectivity index (χ1) is 5.44. The minimum absolute atomic E-state index is 0. The molecule has 0 aromatic carbocycles. The van der Waals surface area contributed by atoms with E-state index in [-0.39, 0.29) is 130 Å². The molecule has 0 spiro atoms. The van der Waals surface area contributed by atoms with Crippen molar-refractivity contribution in [3.63, 3.8) is 0 Å². The molecule has 0 aromatic rings. The van der Waals surface area contributed by atoms with Crippen molar-refractivity contribution in [2.45, 2.75) is 0 Å². The van der Waals surface area contributed by atoms with Gasteiger partial charge in [-0.3, -0.25) is 0 Å². The van der Waals surface area contributed by atoms with Gasteiger partial charge in [-0.25, -0.2) is 9.13 Å². The summed E-state index contributed by atoms with van der Waals surface area (Å²) >= 11 is 0. The Bertz CT molecular complexity index is 235. The van der Waals surface area contributed by atoms with E-state index in [2.05, 4.69) is 11.2 Å². The molecule has 0 aliphatic rings. The van der Waals surface area contributed by atoms with E-state index in [1.807, 2.05) is 0 Å². The summed E-state index contributed by atoms with van der Waals surface area (Å²) in [6, 6.07) is 0. The van der Waals surface area contributed by atoms with Gasteiger partial charge in [0, 0.05) is 0 Å². The zero-order chi connectivity index (χ0) is 11.3. The summed E-state index contributed by atoms with van der Waals surface area (Å²) in [4.78, 5) is 39.8. The van der Waals surface area contributed by atoms with E-state index < -0.39 is 21.6 Å². The molecule has 0 fully saturated rings. The summed E-state index contributed by atoms with van der Waals surface area (Å²) in [5, 5.41) is 8.78. The Kier molecular flexibility index (Phi) is 396. The van der Waals surface area contributed by atoms with E-state index >= 15 is 0 Å². The van der Waals surface area contributed by atoms with Crippen LogP contribution in [-0.2, 0) is 18.2 Å². The summed E-state index contributed by atoms with van der Waals surface area (Å²) in [6.07, 6.45) is 0. The van der Waals surface area contributed by atoms with Crippen LogP contribution in [0.4, 0.5) is 0 Å². The number of hydrogen-bond acceptors (Lipinski definition) is 5. The molecule has 0 aliphatic heterocycles. The predicted molar refractivity (Wildman–Crippen MR) is 82.5 cm³/mol. The van der Waals surface area contributed by atoms with Crippen LogP contribution in [0.5, 0.6) is 0 Å². The SMILES string of the molecule is O.O.O.O.O.O.O.O.O.O.O.O.O.O=P(O)(O)OP(=O)(O)O.[CH2-]C(=O)[O-].[Na+].[Na+]. The van der Waals surface area contributed by atoms with Crippen molar-refractivity contribution < 1.29 is 173 Å². The van der Waals surface area contributed by atoms with Gasteiger partial charge < -0.3 is 108 Å². The molecule has 0 aliphatic carbocycles. The van der Waals surface area contributed by atoms with E-state index in [1.54, 1.807) is 0 Å². The van der Waals surface area contributed by atoms with Crippen LogP contribution in [0.15, 0.2) is 0 Å². The summed E-state index contributed by atoms with van der Waals surface area (Å²) in [5.74, 6) is -1.33. The molecule has 0 rings (SSSR count). The number of carboxylic acid groups (broad SMARTS) is 1. The fourth-order valence-electron chi connectivity index (χ4n) is 0.139. The summed E-state index contributed by atoms with van der Waals surface area (Å²) in [6.45, 7) is 2.44. The Morgan fingerprint density at radius 2 is 0.679 bits per heavy atom. The van der Waals surface area contributed by atoms with Gasteiger partial charge in [0.15, 0.2) is 0 Å². The van der Waals surface area contributed by atoms with Crippen LogP contribution in [0.2, 0.25) is 0 Å². The van der Waals surface area contributed by atoms with Crippen molar-refractivity contribution in [1.29, 1.82) is 0 Å². The number of hydrogen-bond donors (Lipinski definition) is 4. The number of phosphoric acid groups is 2. The summed E-state index contributed by atoms with van der Waals surface area (Å²) in [5.41, 5.74) is 0. The van der Waals surface area contributed by atoms with Crippen LogP contribution in [-0.4, -0.2) is 96.7 Å². The van der Waals surface area contributed by atoms with E-state index in [1.165, 1.54) is 0 Å². The summed E-state index contributed by atoms with van der Waals surface area (Å²) < 4.78 is 22.2. The molecule has 0 radical (unpaired) electrons. The third-order valence-corrected chi connectivity index (χ3v) is 1.91. The number of carbonyl (C=O) groups is 1. The number of aliphatic carboxylic acids is 1. The van der Waals surface area contributed by atoms with Crippen LogP contribution in [0.3, 0.4) is 0 Å². The van der Waals surface area contributed by atoms with Gasteiger partial charge >= 0.3 is 74.8 Å². The molecule has 0 bridgehead atoms. The Morgan fingerprint density at radius 1 is 0.607 bits per heavy atom. The second-order valence-corrected chi connectivity index (χ2v) is 4.05. The fourth-order valence-corrected chi connectivity index (χ4v) is 1.25. The smallest absolute Gasteiger partial charge is 0.584 e. The molecular formula is C2H32Na2O22P2. The van der Waals surface area contributed by atoms with Crippen molar-refractivity contribution in [1.82, 2.24) is 0 Å². The zero-order valence-electron chi connectivity index (χ0n) is 14.4. The topological polar surface area (TPSA) is 574 Å². The number of carbonyl (C=O) groups excluding carboxylic acids is 1. The average molecular weight is 516 g/mol. The third-order valence-electron chi connectivity index (χ3n) is 0.213. The van der Waals surface area contributed by atoms with Gasteiger partial charge in [0.05, 0.1) is 0 Å². The zero-order valence-corrected chi connectivity index (χ0v) is 20.2. The molecule has 184 valence electrons. The van der Waals surface area contributed by atoms with Crippen LogP contribution < -0.4 is 64.2 Å². The number of rotatable bonds is 2. The Hall–Kier alpha value is 1.08. The second-order valence-electron chi connectivity index (χ2n) is 1.43. The van der Waals surface area contributed by atoms with Gasteiger partial charge in [0.25, 0.3) is 0 Å². The van der Waals surface area contributed by atoms with Crippen molar-refractivity contribution in [3.05, 3.63) is 6.92 Å². The van der Waals surface area contributed by atoms with Crippen LogP contribution in [0, 0.1) is 6.92 Å². The van der Waals surface area contributed by atoms with Gasteiger partial charge in [-0.15, -0.1) is 5.97 Å². The second kappa shape index (κ2) is 70.6. The molecule has 30 N–H and O–H groups in total. The van der Waals surface area contributed by atoms with E-state index in [0.29, 0.717) is 0 Å². The normalized spacial score (nSPS) is 5.29. The summed E-state index contributed by atoms with van der Waals surface area (Å²) in [7, 11) is -10.1. The first-order valence-corrected chi connectivity index (χ1v) is 5.35. The molecule has 22 nitrogen and oxygen atoms in total.